The van der Waals surface area contributed by atoms with Gasteiger partial charge in [-0.15, -0.1) is 5.10 Å². The molecule has 1 atom stereocenters. The molecule has 4 heterocycles. The van der Waals surface area contributed by atoms with Crippen LogP contribution in [-0.2, 0) is 6.54 Å². The highest BCUT2D eigenvalue weighted by Gasteiger charge is 2.42. The van der Waals surface area contributed by atoms with E-state index in [1.165, 1.54) is 19.3 Å². The van der Waals surface area contributed by atoms with E-state index in [0.717, 1.165) is 65.1 Å². The van der Waals surface area contributed by atoms with E-state index < -0.39 is 0 Å². The summed E-state index contributed by atoms with van der Waals surface area (Å²) >= 11 is 0. The average molecular weight is 376 g/mol. The van der Waals surface area contributed by atoms with Gasteiger partial charge in [0.25, 0.3) is 5.91 Å². The van der Waals surface area contributed by atoms with Crippen molar-refractivity contribution in [2.45, 2.75) is 56.7 Å². The zero-order chi connectivity index (χ0) is 18.7. The van der Waals surface area contributed by atoms with Crippen molar-refractivity contribution in [1.82, 2.24) is 35.4 Å². The fourth-order valence-corrected chi connectivity index (χ4v) is 4.79. The Morgan fingerprint density at radius 2 is 2.11 bits per heavy atom. The molecule has 1 aromatic rings. The third kappa shape index (κ3) is 4.17. The number of carbonyl (C=O) groups excluding carboxylic acids is 1. The van der Waals surface area contributed by atoms with Gasteiger partial charge in [-0.25, -0.2) is 0 Å². The van der Waals surface area contributed by atoms with Crippen molar-refractivity contribution < 1.29 is 4.79 Å². The number of amides is 1. The highest BCUT2D eigenvalue weighted by atomic mass is 16.2. The van der Waals surface area contributed by atoms with Gasteiger partial charge in [-0.1, -0.05) is 11.6 Å². The van der Waals surface area contributed by atoms with Gasteiger partial charge in [0.2, 0.25) is 0 Å². The molecule has 4 rings (SSSR count). The number of carbonyl (C=O) groups is 1. The minimum absolute atomic E-state index is 0.0306. The van der Waals surface area contributed by atoms with Crippen LogP contribution in [0, 0.1) is 0 Å². The second-order valence-corrected chi connectivity index (χ2v) is 8.42. The minimum atomic E-state index is 0.0306. The first-order valence-electron chi connectivity index (χ1n) is 10.5. The van der Waals surface area contributed by atoms with Gasteiger partial charge in [0.1, 0.15) is 0 Å². The monoisotopic (exact) mass is 375 g/mol. The van der Waals surface area contributed by atoms with Gasteiger partial charge in [-0.2, -0.15) is 0 Å². The first kappa shape index (κ1) is 18.8. The molecule has 3 fully saturated rings. The van der Waals surface area contributed by atoms with Crippen LogP contribution in [0.3, 0.4) is 0 Å². The first-order chi connectivity index (χ1) is 13.2. The van der Waals surface area contributed by atoms with Gasteiger partial charge in [0.05, 0.1) is 6.20 Å². The van der Waals surface area contributed by atoms with Crippen LogP contribution < -0.4 is 10.6 Å². The number of aryl methyl sites for hydroxylation is 1. The van der Waals surface area contributed by atoms with Crippen LogP contribution in [0.15, 0.2) is 6.20 Å². The summed E-state index contributed by atoms with van der Waals surface area (Å²) in [6.07, 6.45) is 8.88. The van der Waals surface area contributed by atoms with Gasteiger partial charge in [0.15, 0.2) is 5.69 Å². The number of piperazine rings is 1. The summed E-state index contributed by atoms with van der Waals surface area (Å²) in [6, 6.07) is 0.569. The van der Waals surface area contributed by atoms with E-state index in [1.807, 2.05) is 15.8 Å². The normalized spacial score (nSPS) is 26.4. The topological polar surface area (TPSA) is 78.3 Å². The van der Waals surface area contributed by atoms with E-state index >= 15 is 0 Å². The number of rotatable bonds is 4. The van der Waals surface area contributed by atoms with Crippen LogP contribution in [0.5, 0.6) is 0 Å². The molecule has 8 nitrogen and oxygen atoms in total. The number of aromatic nitrogens is 3. The molecule has 0 bridgehead atoms. The largest absolute Gasteiger partial charge is 0.334 e. The van der Waals surface area contributed by atoms with E-state index in [9.17, 15) is 4.79 Å². The summed E-state index contributed by atoms with van der Waals surface area (Å²) in [5, 5.41) is 15.4. The number of nitrogens with zero attached hydrogens (tertiary/aromatic N) is 5. The van der Waals surface area contributed by atoms with E-state index in [1.54, 1.807) is 0 Å². The van der Waals surface area contributed by atoms with Crippen LogP contribution in [0.25, 0.3) is 0 Å². The summed E-state index contributed by atoms with van der Waals surface area (Å²) in [4.78, 5) is 17.5. The number of hydrogen-bond donors (Lipinski definition) is 2. The Hall–Kier alpha value is -1.51. The van der Waals surface area contributed by atoms with Crippen molar-refractivity contribution in [3.63, 3.8) is 0 Å². The predicted octanol–water partition coefficient (Wildman–Crippen LogP) is 0.320. The third-order valence-corrected chi connectivity index (χ3v) is 6.70. The van der Waals surface area contributed by atoms with Crippen molar-refractivity contribution in [3.8, 4) is 0 Å². The Labute approximate surface area is 161 Å². The molecule has 8 heteroatoms. The summed E-state index contributed by atoms with van der Waals surface area (Å²) in [7, 11) is 2.20. The van der Waals surface area contributed by atoms with Gasteiger partial charge in [-0.3, -0.25) is 14.4 Å². The van der Waals surface area contributed by atoms with Crippen molar-refractivity contribution in [2.24, 2.45) is 0 Å². The zero-order valence-electron chi connectivity index (χ0n) is 16.5. The number of hydrogen-bond acceptors (Lipinski definition) is 6. The summed E-state index contributed by atoms with van der Waals surface area (Å²) in [6.45, 7) is 6.47. The molecule has 3 aliphatic heterocycles. The van der Waals surface area contributed by atoms with Crippen LogP contribution in [0.4, 0.5) is 0 Å². The van der Waals surface area contributed by atoms with E-state index in [4.69, 9.17) is 0 Å². The maximum Gasteiger partial charge on any atom is 0.276 e. The Balaban J connectivity index is 1.35. The van der Waals surface area contributed by atoms with Gasteiger partial charge >= 0.3 is 0 Å². The number of likely N-dealkylation sites (N-methyl/N-ethyl adjacent to an activating group) is 1. The summed E-state index contributed by atoms with van der Waals surface area (Å²) in [5.74, 6) is 0.0306. The fourth-order valence-electron chi connectivity index (χ4n) is 4.79. The Morgan fingerprint density at radius 3 is 2.89 bits per heavy atom. The molecule has 3 saturated heterocycles. The van der Waals surface area contributed by atoms with E-state index in [0.29, 0.717) is 11.7 Å². The lowest BCUT2D eigenvalue weighted by Crippen LogP contribution is -2.64. The standard InChI is InChI=1S/C19H33N7O/c1-24-12-13-25(15-19(24)6-9-20-10-7-19)18(27)17-14-26(23-22-17)11-5-16-4-2-3-8-21-16/h14,16,20-21H,2-13,15H2,1H3/t16-/m0/s1. The first-order valence-corrected chi connectivity index (χ1v) is 10.5. The van der Waals surface area contributed by atoms with E-state index in [-0.39, 0.29) is 11.4 Å². The van der Waals surface area contributed by atoms with Gasteiger partial charge < -0.3 is 15.5 Å². The second kappa shape index (κ2) is 8.24. The van der Waals surface area contributed by atoms with E-state index in [2.05, 4.69) is 32.9 Å². The van der Waals surface area contributed by atoms with Crippen LogP contribution in [-0.4, -0.2) is 88.6 Å². The smallest absolute Gasteiger partial charge is 0.276 e. The third-order valence-electron chi connectivity index (χ3n) is 6.70. The molecule has 150 valence electrons. The highest BCUT2D eigenvalue weighted by molar-refractivity contribution is 5.92. The van der Waals surface area contributed by atoms with Crippen molar-refractivity contribution in [3.05, 3.63) is 11.9 Å². The van der Waals surface area contributed by atoms with Gasteiger partial charge in [0, 0.05) is 37.8 Å². The lowest BCUT2D eigenvalue weighted by atomic mass is 9.84. The molecule has 0 radical (unpaired) electrons. The summed E-state index contributed by atoms with van der Waals surface area (Å²) < 4.78 is 1.83. The lowest BCUT2D eigenvalue weighted by Gasteiger charge is -2.51. The van der Waals surface area contributed by atoms with Crippen molar-refractivity contribution in [2.75, 3.05) is 46.3 Å². The zero-order valence-corrected chi connectivity index (χ0v) is 16.5. The summed E-state index contributed by atoms with van der Waals surface area (Å²) in [5.41, 5.74) is 0.599. The Bertz CT molecular complexity index is 634. The quantitative estimate of drug-likeness (QED) is 0.789. The lowest BCUT2D eigenvalue weighted by molar-refractivity contribution is -0.00124. The molecule has 27 heavy (non-hydrogen) atoms. The highest BCUT2D eigenvalue weighted by Crippen LogP contribution is 2.29. The minimum Gasteiger partial charge on any atom is -0.334 e. The van der Waals surface area contributed by atoms with Crippen LogP contribution in [0.1, 0.15) is 49.0 Å². The molecule has 0 unspecified atom stereocenters. The molecule has 3 aliphatic rings. The molecule has 1 aromatic heterocycles. The second-order valence-electron chi connectivity index (χ2n) is 8.42. The molecule has 0 aliphatic carbocycles. The fraction of sp³-hybridized carbons (Fsp3) is 0.842. The molecular formula is C19H33N7O. The molecular weight excluding hydrogens is 342 g/mol. The Morgan fingerprint density at radius 1 is 1.26 bits per heavy atom. The Kier molecular flexibility index (Phi) is 5.75. The van der Waals surface area contributed by atoms with Crippen LogP contribution >= 0.6 is 0 Å². The SMILES string of the molecule is CN1CCN(C(=O)c2cn(CC[C@@H]3CCCCN3)nn2)CC12CCNCC2. The number of nitrogens with one attached hydrogen (secondary N) is 2. The molecule has 1 amide bonds. The van der Waals surface area contributed by atoms with Crippen molar-refractivity contribution >= 4 is 5.91 Å². The molecule has 0 aromatic carbocycles. The van der Waals surface area contributed by atoms with Gasteiger partial charge in [-0.05, 0) is 58.8 Å². The average Bonchev–Trinajstić information content (AvgIpc) is 3.19. The van der Waals surface area contributed by atoms with Crippen LogP contribution in [0.2, 0.25) is 0 Å². The molecule has 0 saturated carbocycles. The maximum atomic E-state index is 13.0. The predicted molar refractivity (Wildman–Crippen MR) is 104 cm³/mol. The molecule has 2 N–H and O–H groups in total. The maximum absolute atomic E-state index is 13.0. The molecule has 1 spiro atoms. The number of piperidine rings is 2. The van der Waals surface area contributed by atoms with Crippen molar-refractivity contribution in [1.29, 1.82) is 0 Å².